The van der Waals surface area contributed by atoms with Gasteiger partial charge in [-0.1, -0.05) is 0 Å². The minimum absolute atomic E-state index is 0.0356. The van der Waals surface area contributed by atoms with Crippen LogP contribution in [-0.4, -0.2) is 22.0 Å². The number of alkyl halides is 3. The summed E-state index contributed by atoms with van der Waals surface area (Å²) >= 11 is 4.15. The second-order valence-corrected chi connectivity index (χ2v) is 3.83. The van der Waals surface area contributed by atoms with Crippen molar-refractivity contribution in [1.82, 2.24) is 15.6 Å². The monoisotopic (exact) mass is 250 g/mol. The molecule has 0 aromatic carbocycles. The highest BCUT2D eigenvalue weighted by Gasteiger charge is 2.42. The summed E-state index contributed by atoms with van der Waals surface area (Å²) in [6.45, 7) is 3.47. The molecule has 2 aliphatic rings. The van der Waals surface area contributed by atoms with Crippen LogP contribution >= 0.6 is 12.6 Å². The first kappa shape index (κ1) is 11.3. The van der Waals surface area contributed by atoms with E-state index in [1.54, 1.807) is 13.8 Å². The van der Waals surface area contributed by atoms with E-state index in [9.17, 15) is 13.2 Å². The first-order chi connectivity index (χ1) is 7.30. The van der Waals surface area contributed by atoms with Crippen LogP contribution in [-0.2, 0) is 0 Å². The van der Waals surface area contributed by atoms with Crippen LogP contribution in [0.25, 0.3) is 0 Å². The summed E-state index contributed by atoms with van der Waals surface area (Å²) in [5.41, 5.74) is 3.53. The van der Waals surface area contributed by atoms with Gasteiger partial charge in [-0.25, -0.2) is 15.0 Å². The number of hydrazine groups is 2. The molecular weight excluding hydrogens is 241 g/mol. The highest BCUT2D eigenvalue weighted by molar-refractivity contribution is 7.84. The lowest BCUT2D eigenvalue weighted by atomic mass is 10.2. The zero-order valence-corrected chi connectivity index (χ0v) is 9.39. The zero-order chi connectivity index (χ0) is 12.1. The van der Waals surface area contributed by atoms with Gasteiger partial charge < -0.3 is 0 Å². The summed E-state index contributed by atoms with van der Waals surface area (Å²) in [6.07, 6.45) is -3.61. The Morgan fingerprint density at radius 3 is 2.56 bits per heavy atom. The number of nitrogens with zero attached hydrogens (tertiary/aromatic N) is 3. The molecule has 2 heterocycles. The van der Waals surface area contributed by atoms with E-state index in [1.165, 1.54) is 5.01 Å². The quantitative estimate of drug-likeness (QED) is 0.509. The average Bonchev–Trinajstić information content (AvgIpc) is 2.57. The van der Waals surface area contributed by atoms with Crippen LogP contribution in [0, 0.1) is 0 Å². The molecule has 0 saturated carbocycles. The molecular formula is C8H9F3N4S. The molecule has 0 amide bonds. The fourth-order valence-electron chi connectivity index (χ4n) is 1.31. The average molecular weight is 250 g/mol. The molecule has 4 nitrogen and oxygen atoms in total. The SMILES string of the molecule is CC1=NC2=CN(C(F)(F)F)NN2C(S)=C1C. The second kappa shape index (κ2) is 3.42. The minimum Gasteiger partial charge on any atom is -0.233 e. The van der Waals surface area contributed by atoms with Crippen LogP contribution in [0.1, 0.15) is 13.8 Å². The number of fused-ring (bicyclic) bond motifs is 1. The van der Waals surface area contributed by atoms with Crippen molar-refractivity contribution in [2.45, 2.75) is 20.1 Å². The molecule has 0 radical (unpaired) electrons. The maximum absolute atomic E-state index is 12.4. The molecule has 0 saturated heterocycles. The molecule has 2 rings (SSSR count). The lowest BCUT2D eigenvalue weighted by Gasteiger charge is -2.27. The molecule has 0 spiro atoms. The molecule has 0 atom stereocenters. The van der Waals surface area contributed by atoms with Crippen molar-refractivity contribution in [3.8, 4) is 0 Å². The predicted molar refractivity (Wildman–Crippen MR) is 55.7 cm³/mol. The molecule has 16 heavy (non-hydrogen) atoms. The van der Waals surface area contributed by atoms with Crippen molar-refractivity contribution in [3.05, 3.63) is 22.6 Å². The Hall–Kier alpha value is -1.15. The Labute approximate surface area is 95.5 Å². The van der Waals surface area contributed by atoms with Gasteiger partial charge in [-0.15, -0.1) is 31.3 Å². The molecule has 88 valence electrons. The first-order valence-electron chi connectivity index (χ1n) is 4.40. The molecule has 1 N–H and O–H groups in total. The fraction of sp³-hybridized carbons (Fsp3) is 0.375. The van der Waals surface area contributed by atoms with Gasteiger partial charge in [0, 0.05) is 11.3 Å². The molecule has 0 aromatic rings. The van der Waals surface area contributed by atoms with Gasteiger partial charge in [-0.05, 0) is 13.8 Å². The number of allylic oxidation sites excluding steroid dienone is 1. The standard InChI is InChI=1S/C8H9F3N4S/c1-4-5(2)12-6-3-14(8(9,10)11)13-15(6)7(4)16/h3,13,16H,1-2H3. The van der Waals surface area contributed by atoms with Gasteiger partial charge in [0.1, 0.15) is 0 Å². The Balaban J connectivity index is 2.36. The topological polar surface area (TPSA) is 30.9 Å². The van der Waals surface area contributed by atoms with Crippen molar-refractivity contribution in [2.75, 3.05) is 0 Å². The fourth-order valence-corrected chi connectivity index (χ4v) is 1.62. The summed E-state index contributed by atoms with van der Waals surface area (Å²) < 4.78 is 37.3. The Morgan fingerprint density at radius 1 is 1.38 bits per heavy atom. The van der Waals surface area contributed by atoms with E-state index in [2.05, 4.69) is 23.2 Å². The van der Waals surface area contributed by atoms with E-state index >= 15 is 0 Å². The molecule has 0 fully saturated rings. The highest BCUT2D eigenvalue weighted by atomic mass is 32.1. The van der Waals surface area contributed by atoms with Crippen molar-refractivity contribution in [1.29, 1.82) is 0 Å². The number of rotatable bonds is 0. The number of nitrogens with one attached hydrogen (secondary N) is 1. The Morgan fingerprint density at radius 2 is 2.00 bits per heavy atom. The van der Waals surface area contributed by atoms with Crippen molar-refractivity contribution >= 4 is 18.3 Å². The molecule has 0 bridgehead atoms. The van der Waals surface area contributed by atoms with Gasteiger partial charge in [0.15, 0.2) is 5.82 Å². The van der Waals surface area contributed by atoms with Crippen LogP contribution in [0.15, 0.2) is 27.6 Å². The number of hydrogen-bond donors (Lipinski definition) is 2. The highest BCUT2D eigenvalue weighted by Crippen LogP contribution is 2.32. The third-order valence-corrected chi connectivity index (χ3v) is 2.86. The summed E-state index contributed by atoms with van der Waals surface area (Å²) in [5.74, 6) is 0.172. The molecule has 2 aliphatic heterocycles. The smallest absolute Gasteiger partial charge is 0.233 e. The molecule has 0 aliphatic carbocycles. The summed E-state index contributed by atoms with van der Waals surface area (Å²) in [5, 5.41) is 1.62. The van der Waals surface area contributed by atoms with Crippen LogP contribution < -0.4 is 5.53 Å². The van der Waals surface area contributed by atoms with Crippen molar-refractivity contribution in [2.24, 2.45) is 4.99 Å². The number of halogens is 3. The van der Waals surface area contributed by atoms with Gasteiger partial charge in [0.25, 0.3) is 0 Å². The van der Waals surface area contributed by atoms with Crippen LogP contribution in [0.3, 0.4) is 0 Å². The zero-order valence-electron chi connectivity index (χ0n) is 8.50. The van der Waals surface area contributed by atoms with Gasteiger partial charge in [-0.3, -0.25) is 0 Å². The van der Waals surface area contributed by atoms with E-state index in [0.717, 1.165) is 11.8 Å². The van der Waals surface area contributed by atoms with Gasteiger partial charge in [0.2, 0.25) is 0 Å². The molecule has 0 aromatic heterocycles. The predicted octanol–water partition coefficient (Wildman–Crippen LogP) is 1.98. The van der Waals surface area contributed by atoms with Gasteiger partial charge >= 0.3 is 6.30 Å². The largest absolute Gasteiger partial charge is 0.500 e. The van der Waals surface area contributed by atoms with Gasteiger partial charge in [0.05, 0.1) is 11.2 Å². The number of hydrogen-bond acceptors (Lipinski definition) is 5. The summed E-state index contributed by atoms with van der Waals surface area (Å²) in [4.78, 5) is 4.03. The Kier molecular flexibility index (Phi) is 2.43. The normalized spacial score (nSPS) is 21.1. The second-order valence-electron chi connectivity index (χ2n) is 3.41. The lowest BCUT2D eigenvalue weighted by Crippen LogP contribution is -2.47. The maximum Gasteiger partial charge on any atom is 0.500 e. The minimum atomic E-state index is -4.49. The van der Waals surface area contributed by atoms with Crippen molar-refractivity contribution < 1.29 is 13.2 Å². The van der Waals surface area contributed by atoms with E-state index in [4.69, 9.17) is 0 Å². The lowest BCUT2D eigenvalue weighted by molar-refractivity contribution is -0.250. The van der Waals surface area contributed by atoms with E-state index in [-0.39, 0.29) is 10.8 Å². The van der Waals surface area contributed by atoms with Crippen LogP contribution in [0.2, 0.25) is 0 Å². The summed E-state index contributed by atoms with van der Waals surface area (Å²) in [7, 11) is 0. The van der Waals surface area contributed by atoms with Crippen molar-refractivity contribution in [3.63, 3.8) is 0 Å². The van der Waals surface area contributed by atoms with Crippen LogP contribution in [0.5, 0.6) is 0 Å². The summed E-state index contributed by atoms with van der Waals surface area (Å²) in [6, 6.07) is 0. The third kappa shape index (κ3) is 1.67. The third-order valence-electron chi connectivity index (χ3n) is 2.33. The van der Waals surface area contributed by atoms with E-state index < -0.39 is 6.30 Å². The van der Waals surface area contributed by atoms with E-state index in [1.807, 2.05) is 0 Å². The number of aliphatic imine (C=N–C) groups is 1. The molecule has 8 heteroatoms. The number of thiol groups is 1. The first-order valence-corrected chi connectivity index (χ1v) is 4.85. The maximum atomic E-state index is 12.4. The van der Waals surface area contributed by atoms with E-state index in [0.29, 0.717) is 10.7 Å². The Bertz CT molecular complexity index is 423. The van der Waals surface area contributed by atoms with Crippen LogP contribution in [0.4, 0.5) is 13.2 Å². The molecule has 0 unspecified atom stereocenters. The van der Waals surface area contributed by atoms with Gasteiger partial charge in [-0.2, -0.15) is 0 Å².